The number of nitrogens with zero attached hydrogens (tertiary/aromatic N) is 1. The van der Waals surface area contributed by atoms with Crippen LogP contribution in [-0.4, -0.2) is 30.7 Å². The third-order valence-electron chi connectivity index (χ3n) is 3.58. The highest BCUT2D eigenvalue weighted by atomic mass is 16.4. The lowest BCUT2D eigenvalue weighted by atomic mass is 10.1. The van der Waals surface area contributed by atoms with Crippen molar-refractivity contribution in [3.8, 4) is 0 Å². The van der Waals surface area contributed by atoms with Gasteiger partial charge in [-0.3, -0.25) is 9.69 Å². The average molecular weight is 262 g/mol. The van der Waals surface area contributed by atoms with Crippen LogP contribution in [0.5, 0.6) is 0 Å². The van der Waals surface area contributed by atoms with Crippen LogP contribution >= 0.6 is 0 Å². The number of benzene rings is 1. The topological polar surface area (TPSA) is 69.6 Å². The van der Waals surface area contributed by atoms with Crippen LogP contribution in [0.25, 0.3) is 0 Å². The van der Waals surface area contributed by atoms with E-state index in [9.17, 15) is 9.59 Å². The van der Waals surface area contributed by atoms with Gasteiger partial charge in [0.1, 0.15) is 0 Å². The van der Waals surface area contributed by atoms with Gasteiger partial charge in [0.25, 0.3) is 0 Å². The largest absolute Gasteiger partial charge is 0.481 e. The van der Waals surface area contributed by atoms with E-state index in [1.807, 2.05) is 31.2 Å². The number of carboxylic acid groups (broad SMARTS) is 1. The van der Waals surface area contributed by atoms with E-state index >= 15 is 0 Å². The van der Waals surface area contributed by atoms with Gasteiger partial charge in [0.05, 0.1) is 5.41 Å². The number of aliphatic carboxylic acids is 1. The van der Waals surface area contributed by atoms with Crippen LogP contribution in [0.3, 0.4) is 0 Å². The minimum absolute atomic E-state index is 0.192. The summed E-state index contributed by atoms with van der Waals surface area (Å²) in [6.07, 6.45) is 1.27. The minimum Gasteiger partial charge on any atom is -0.481 e. The Bertz CT molecular complexity index is 509. The molecule has 0 bridgehead atoms. The van der Waals surface area contributed by atoms with Crippen LogP contribution < -0.4 is 10.2 Å². The molecule has 1 aliphatic carbocycles. The Hall–Kier alpha value is -2.04. The van der Waals surface area contributed by atoms with Gasteiger partial charge in [-0.25, -0.2) is 4.79 Å². The molecule has 1 aromatic rings. The lowest BCUT2D eigenvalue weighted by Crippen LogP contribution is -2.41. The fraction of sp³-hybridized carbons (Fsp3) is 0.429. The predicted molar refractivity (Wildman–Crippen MR) is 72.3 cm³/mol. The summed E-state index contributed by atoms with van der Waals surface area (Å²) in [7, 11) is 1.67. The Morgan fingerprint density at radius 3 is 2.63 bits per heavy atom. The molecule has 2 amide bonds. The van der Waals surface area contributed by atoms with Gasteiger partial charge in [-0.05, 0) is 37.5 Å². The highest BCUT2D eigenvalue weighted by Gasteiger charge is 2.50. The summed E-state index contributed by atoms with van der Waals surface area (Å²) in [6.45, 7) is 2.15. The number of urea groups is 1. The van der Waals surface area contributed by atoms with Gasteiger partial charge in [0, 0.05) is 19.3 Å². The molecule has 0 aliphatic heterocycles. The Labute approximate surface area is 112 Å². The number of hydrogen-bond donors (Lipinski definition) is 2. The molecule has 1 fully saturated rings. The molecule has 5 nitrogen and oxygen atoms in total. The lowest BCUT2D eigenvalue weighted by Gasteiger charge is -2.20. The van der Waals surface area contributed by atoms with Crippen LogP contribution in [0.2, 0.25) is 0 Å². The molecule has 0 aromatic heterocycles. The summed E-state index contributed by atoms with van der Waals surface area (Å²) in [5.41, 5.74) is 1.13. The highest BCUT2D eigenvalue weighted by molar-refractivity contribution is 5.92. The van der Waals surface area contributed by atoms with Crippen molar-refractivity contribution >= 4 is 17.7 Å². The molecule has 1 aliphatic rings. The maximum atomic E-state index is 12.0. The van der Waals surface area contributed by atoms with E-state index in [0.29, 0.717) is 12.8 Å². The van der Waals surface area contributed by atoms with E-state index in [2.05, 4.69) is 5.32 Å². The molecule has 2 N–H and O–H groups in total. The van der Waals surface area contributed by atoms with E-state index in [0.717, 1.165) is 11.3 Å². The number of nitrogens with one attached hydrogen (secondary N) is 1. The summed E-state index contributed by atoms with van der Waals surface area (Å²) in [5, 5.41) is 11.7. The standard InChI is InChI=1S/C14H18N2O3/c1-10-4-3-5-11(8-10)16(2)13(19)15-9-14(6-7-14)12(17)18/h3-5,8H,6-7,9H2,1-2H3,(H,15,19)(H,17,18). The molecule has 2 rings (SSSR count). The van der Waals surface area contributed by atoms with Crippen molar-refractivity contribution in [2.45, 2.75) is 19.8 Å². The zero-order chi connectivity index (χ0) is 14.0. The fourth-order valence-corrected chi connectivity index (χ4v) is 1.93. The van der Waals surface area contributed by atoms with Crippen molar-refractivity contribution in [1.29, 1.82) is 0 Å². The highest BCUT2D eigenvalue weighted by Crippen LogP contribution is 2.45. The maximum Gasteiger partial charge on any atom is 0.321 e. The molecular weight excluding hydrogens is 244 g/mol. The van der Waals surface area contributed by atoms with Crippen LogP contribution in [-0.2, 0) is 4.79 Å². The summed E-state index contributed by atoms with van der Waals surface area (Å²) in [6, 6.07) is 7.31. The molecule has 0 saturated heterocycles. The van der Waals surface area contributed by atoms with Gasteiger partial charge in [0.2, 0.25) is 0 Å². The first-order chi connectivity index (χ1) is 8.94. The smallest absolute Gasteiger partial charge is 0.321 e. The second-order valence-electron chi connectivity index (χ2n) is 5.14. The summed E-state index contributed by atoms with van der Waals surface area (Å²) < 4.78 is 0. The van der Waals surface area contributed by atoms with Gasteiger partial charge in [-0.15, -0.1) is 0 Å². The molecular formula is C14H18N2O3. The Balaban J connectivity index is 1.95. The monoisotopic (exact) mass is 262 g/mol. The van der Waals surface area contributed by atoms with Crippen molar-refractivity contribution in [3.05, 3.63) is 29.8 Å². The van der Waals surface area contributed by atoms with Crippen LogP contribution in [0.15, 0.2) is 24.3 Å². The number of amides is 2. The Morgan fingerprint density at radius 2 is 2.11 bits per heavy atom. The zero-order valence-corrected chi connectivity index (χ0v) is 11.1. The van der Waals surface area contributed by atoms with Crippen molar-refractivity contribution in [3.63, 3.8) is 0 Å². The van der Waals surface area contributed by atoms with E-state index in [-0.39, 0.29) is 12.6 Å². The third kappa shape index (κ3) is 2.86. The normalized spacial score (nSPS) is 15.7. The first-order valence-corrected chi connectivity index (χ1v) is 6.26. The first kappa shape index (κ1) is 13.4. The SMILES string of the molecule is Cc1cccc(N(C)C(=O)NCC2(C(=O)O)CC2)c1. The van der Waals surface area contributed by atoms with E-state index < -0.39 is 11.4 Å². The molecule has 1 aromatic carbocycles. The van der Waals surface area contributed by atoms with Crippen molar-refractivity contribution in [2.24, 2.45) is 5.41 Å². The number of hydrogen-bond acceptors (Lipinski definition) is 2. The van der Waals surface area contributed by atoms with Crippen LogP contribution in [0.4, 0.5) is 10.5 Å². The quantitative estimate of drug-likeness (QED) is 0.872. The molecule has 0 radical (unpaired) electrons. The Kier molecular flexibility index (Phi) is 3.46. The number of aryl methyl sites for hydroxylation is 1. The van der Waals surface area contributed by atoms with Crippen LogP contribution in [0.1, 0.15) is 18.4 Å². The molecule has 5 heteroatoms. The Morgan fingerprint density at radius 1 is 1.42 bits per heavy atom. The number of anilines is 1. The lowest BCUT2D eigenvalue weighted by molar-refractivity contribution is -0.143. The number of carbonyl (C=O) groups is 2. The number of carbonyl (C=O) groups excluding carboxylic acids is 1. The molecule has 19 heavy (non-hydrogen) atoms. The van der Waals surface area contributed by atoms with E-state index in [1.54, 1.807) is 7.05 Å². The summed E-state index contributed by atoms with van der Waals surface area (Å²) >= 11 is 0. The second kappa shape index (κ2) is 4.91. The fourth-order valence-electron chi connectivity index (χ4n) is 1.93. The molecule has 102 valence electrons. The molecule has 0 atom stereocenters. The van der Waals surface area contributed by atoms with Gasteiger partial charge >= 0.3 is 12.0 Å². The van der Waals surface area contributed by atoms with Crippen molar-refractivity contribution < 1.29 is 14.7 Å². The van der Waals surface area contributed by atoms with Gasteiger partial charge in [-0.1, -0.05) is 12.1 Å². The molecule has 1 saturated carbocycles. The van der Waals surface area contributed by atoms with Gasteiger partial charge in [0.15, 0.2) is 0 Å². The minimum atomic E-state index is -0.828. The van der Waals surface area contributed by atoms with E-state index in [4.69, 9.17) is 5.11 Å². The number of carboxylic acids is 1. The van der Waals surface area contributed by atoms with Gasteiger partial charge < -0.3 is 10.4 Å². The molecule has 0 unspecified atom stereocenters. The third-order valence-corrected chi connectivity index (χ3v) is 3.58. The number of rotatable bonds is 4. The second-order valence-corrected chi connectivity index (χ2v) is 5.14. The first-order valence-electron chi connectivity index (χ1n) is 6.26. The van der Waals surface area contributed by atoms with Gasteiger partial charge in [-0.2, -0.15) is 0 Å². The average Bonchev–Trinajstić information content (AvgIpc) is 3.16. The van der Waals surface area contributed by atoms with Crippen LogP contribution in [0, 0.1) is 12.3 Å². The zero-order valence-electron chi connectivity index (χ0n) is 11.1. The molecule has 0 heterocycles. The van der Waals surface area contributed by atoms with E-state index in [1.165, 1.54) is 4.90 Å². The maximum absolute atomic E-state index is 12.0. The summed E-state index contributed by atoms with van der Waals surface area (Å²) in [4.78, 5) is 24.5. The predicted octanol–water partition coefficient (Wildman–Crippen LogP) is 2.01. The van der Waals surface area contributed by atoms with Crippen molar-refractivity contribution in [1.82, 2.24) is 5.32 Å². The molecule has 0 spiro atoms. The summed E-state index contributed by atoms with van der Waals surface area (Å²) in [5.74, 6) is -0.828. The van der Waals surface area contributed by atoms with Crippen molar-refractivity contribution in [2.75, 3.05) is 18.5 Å².